The van der Waals surface area contributed by atoms with Gasteiger partial charge in [-0.05, 0) is 24.6 Å². The summed E-state index contributed by atoms with van der Waals surface area (Å²) in [4.78, 5) is 15.5. The summed E-state index contributed by atoms with van der Waals surface area (Å²) in [7, 11) is 0. The van der Waals surface area contributed by atoms with Crippen molar-refractivity contribution in [1.29, 1.82) is 0 Å². The average Bonchev–Trinajstić information content (AvgIpc) is 2.96. The van der Waals surface area contributed by atoms with Crippen LogP contribution in [0.1, 0.15) is 16.1 Å². The summed E-state index contributed by atoms with van der Waals surface area (Å²) in [6, 6.07) is 15.0. The molecule has 0 saturated carbocycles. The SMILES string of the molecule is Cc1ccc(-n2cc(C(=O)O)nc2-c2ccccc2)cc1Cl. The smallest absolute Gasteiger partial charge is 0.356 e. The number of imidazole rings is 1. The Bertz CT molecular complexity index is 841. The minimum absolute atomic E-state index is 0.00412. The number of aromatic carboxylic acids is 1. The zero-order chi connectivity index (χ0) is 15.7. The maximum absolute atomic E-state index is 11.2. The normalized spacial score (nSPS) is 10.6. The molecule has 5 heteroatoms. The molecule has 0 amide bonds. The van der Waals surface area contributed by atoms with Crippen LogP contribution in [-0.2, 0) is 0 Å². The third kappa shape index (κ3) is 2.61. The highest BCUT2D eigenvalue weighted by atomic mass is 35.5. The number of carboxylic acids is 1. The summed E-state index contributed by atoms with van der Waals surface area (Å²) in [5.74, 6) is -0.493. The molecule has 0 fully saturated rings. The largest absolute Gasteiger partial charge is 0.476 e. The zero-order valence-electron chi connectivity index (χ0n) is 11.8. The van der Waals surface area contributed by atoms with Crippen molar-refractivity contribution in [3.05, 3.63) is 71.0 Å². The van der Waals surface area contributed by atoms with Gasteiger partial charge in [-0.15, -0.1) is 0 Å². The summed E-state index contributed by atoms with van der Waals surface area (Å²) in [6.07, 6.45) is 1.51. The predicted molar refractivity (Wildman–Crippen MR) is 85.7 cm³/mol. The van der Waals surface area contributed by atoms with Crippen LogP contribution in [0.3, 0.4) is 0 Å². The van der Waals surface area contributed by atoms with E-state index in [1.807, 2.05) is 49.4 Å². The maximum Gasteiger partial charge on any atom is 0.356 e. The van der Waals surface area contributed by atoms with E-state index in [2.05, 4.69) is 4.98 Å². The fraction of sp³-hybridized carbons (Fsp3) is 0.0588. The van der Waals surface area contributed by atoms with Gasteiger partial charge in [-0.1, -0.05) is 48.0 Å². The van der Waals surface area contributed by atoms with E-state index in [4.69, 9.17) is 11.6 Å². The Hall–Kier alpha value is -2.59. The molecular weight excluding hydrogens is 300 g/mol. The van der Waals surface area contributed by atoms with Gasteiger partial charge in [-0.25, -0.2) is 9.78 Å². The van der Waals surface area contributed by atoms with E-state index in [0.717, 1.165) is 16.8 Å². The van der Waals surface area contributed by atoms with Gasteiger partial charge in [0.25, 0.3) is 0 Å². The fourth-order valence-electron chi connectivity index (χ4n) is 2.20. The third-order valence-corrected chi connectivity index (χ3v) is 3.80. The first-order valence-corrected chi connectivity index (χ1v) is 7.08. The number of aryl methyl sites for hydroxylation is 1. The molecule has 1 N–H and O–H groups in total. The van der Waals surface area contributed by atoms with Crippen molar-refractivity contribution in [2.24, 2.45) is 0 Å². The summed E-state index contributed by atoms with van der Waals surface area (Å²) in [5, 5.41) is 9.84. The molecule has 0 bridgehead atoms. The Balaban J connectivity index is 2.21. The number of nitrogens with zero attached hydrogens (tertiary/aromatic N) is 2. The third-order valence-electron chi connectivity index (χ3n) is 3.39. The monoisotopic (exact) mass is 312 g/mol. The predicted octanol–water partition coefficient (Wildman–Crippen LogP) is 4.20. The van der Waals surface area contributed by atoms with E-state index >= 15 is 0 Å². The Morgan fingerprint density at radius 1 is 1.18 bits per heavy atom. The first-order chi connectivity index (χ1) is 10.6. The van der Waals surface area contributed by atoms with Crippen molar-refractivity contribution in [3.8, 4) is 17.1 Å². The topological polar surface area (TPSA) is 55.1 Å². The van der Waals surface area contributed by atoms with E-state index in [9.17, 15) is 9.90 Å². The van der Waals surface area contributed by atoms with Crippen molar-refractivity contribution in [3.63, 3.8) is 0 Å². The van der Waals surface area contributed by atoms with Gasteiger partial charge < -0.3 is 5.11 Å². The second kappa shape index (κ2) is 5.66. The molecule has 1 heterocycles. The van der Waals surface area contributed by atoms with Crippen molar-refractivity contribution >= 4 is 17.6 Å². The van der Waals surface area contributed by atoms with Crippen molar-refractivity contribution in [2.45, 2.75) is 6.92 Å². The molecule has 1 aromatic heterocycles. The zero-order valence-corrected chi connectivity index (χ0v) is 12.6. The minimum atomic E-state index is -1.06. The molecule has 0 spiro atoms. The quantitative estimate of drug-likeness (QED) is 0.788. The van der Waals surface area contributed by atoms with Crippen molar-refractivity contribution in [2.75, 3.05) is 0 Å². The molecule has 0 unspecified atom stereocenters. The van der Waals surface area contributed by atoms with Crippen LogP contribution in [0.15, 0.2) is 54.7 Å². The van der Waals surface area contributed by atoms with Gasteiger partial charge >= 0.3 is 5.97 Å². The molecule has 2 aromatic carbocycles. The van der Waals surface area contributed by atoms with Crippen LogP contribution in [0.5, 0.6) is 0 Å². The Morgan fingerprint density at radius 2 is 1.91 bits per heavy atom. The molecule has 0 radical (unpaired) electrons. The number of aromatic nitrogens is 2. The average molecular weight is 313 g/mol. The summed E-state index contributed by atoms with van der Waals surface area (Å²) in [6.45, 7) is 1.92. The highest BCUT2D eigenvalue weighted by Crippen LogP contribution is 2.26. The molecule has 0 saturated heterocycles. The first-order valence-electron chi connectivity index (χ1n) is 6.71. The number of hydrogen-bond donors (Lipinski definition) is 1. The van der Waals surface area contributed by atoms with Gasteiger partial charge in [0.2, 0.25) is 0 Å². The van der Waals surface area contributed by atoms with Gasteiger partial charge in [0.15, 0.2) is 5.69 Å². The Kier molecular flexibility index (Phi) is 3.69. The second-order valence-electron chi connectivity index (χ2n) is 4.92. The van der Waals surface area contributed by atoms with E-state index in [0.29, 0.717) is 10.8 Å². The van der Waals surface area contributed by atoms with Crippen LogP contribution in [0.4, 0.5) is 0 Å². The lowest BCUT2D eigenvalue weighted by molar-refractivity contribution is 0.0691. The van der Waals surface area contributed by atoms with Gasteiger partial charge in [-0.2, -0.15) is 0 Å². The van der Waals surface area contributed by atoms with Crippen LogP contribution in [0.25, 0.3) is 17.1 Å². The van der Waals surface area contributed by atoms with E-state index in [1.165, 1.54) is 6.20 Å². The molecule has 0 aliphatic rings. The molecule has 4 nitrogen and oxygen atoms in total. The van der Waals surface area contributed by atoms with Crippen LogP contribution >= 0.6 is 11.6 Å². The molecule has 3 aromatic rings. The summed E-state index contributed by atoms with van der Waals surface area (Å²) in [5.41, 5.74) is 2.57. The van der Waals surface area contributed by atoms with Gasteiger partial charge in [0.1, 0.15) is 5.82 Å². The van der Waals surface area contributed by atoms with Gasteiger partial charge in [0, 0.05) is 22.5 Å². The van der Waals surface area contributed by atoms with Crippen molar-refractivity contribution < 1.29 is 9.90 Å². The standard InChI is InChI=1S/C17H13ClN2O2/c1-11-7-8-13(9-14(11)18)20-10-15(17(21)22)19-16(20)12-5-3-2-4-6-12/h2-10H,1H3,(H,21,22). The van der Waals surface area contributed by atoms with E-state index in [-0.39, 0.29) is 5.69 Å². The molecule has 110 valence electrons. The summed E-state index contributed by atoms with van der Waals surface area (Å²) >= 11 is 6.18. The molecule has 0 atom stereocenters. The molecule has 0 aliphatic carbocycles. The number of carboxylic acid groups (broad SMARTS) is 1. The van der Waals surface area contributed by atoms with Crippen LogP contribution in [0, 0.1) is 6.92 Å². The van der Waals surface area contributed by atoms with Crippen LogP contribution in [-0.4, -0.2) is 20.6 Å². The lowest BCUT2D eigenvalue weighted by Crippen LogP contribution is -1.96. The molecule has 22 heavy (non-hydrogen) atoms. The van der Waals surface area contributed by atoms with Crippen LogP contribution in [0.2, 0.25) is 5.02 Å². The highest BCUT2D eigenvalue weighted by Gasteiger charge is 2.16. The first kappa shape index (κ1) is 14.4. The number of hydrogen-bond acceptors (Lipinski definition) is 2. The molecular formula is C17H13ClN2O2. The van der Waals surface area contributed by atoms with Crippen LogP contribution < -0.4 is 0 Å². The van der Waals surface area contributed by atoms with Gasteiger partial charge in [-0.3, -0.25) is 4.57 Å². The van der Waals surface area contributed by atoms with E-state index < -0.39 is 5.97 Å². The van der Waals surface area contributed by atoms with E-state index in [1.54, 1.807) is 10.6 Å². The molecule has 3 rings (SSSR count). The maximum atomic E-state index is 11.2. The van der Waals surface area contributed by atoms with Gasteiger partial charge in [0.05, 0.1) is 0 Å². The highest BCUT2D eigenvalue weighted by molar-refractivity contribution is 6.31. The van der Waals surface area contributed by atoms with Crippen molar-refractivity contribution in [1.82, 2.24) is 9.55 Å². The number of halogens is 1. The lowest BCUT2D eigenvalue weighted by Gasteiger charge is -2.09. The lowest BCUT2D eigenvalue weighted by atomic mass is 10.2. The Morgan fingerprint density at radius 3 is 2.55 bits per heavy atom. The number of rotatable bonds is 3. The summed E-state index contributed by atoms with van der Waals surface area (Å²) < 4.78 is 1.74. The Labute approximate surface area is 132 Å². The number of carbonyl (C=O) groups is 1. The minimum Gasteiger partial charge on any atom is -0.476 e. The fourth-order valence-corrected chi connectivity index (χ4v) is 2.38. The number of benzene rings is 2. The second-order valence-corrected chi connectivity index (χ2v) is 5.33. The molecule has 0 aliphatic heterocycles.